The van der Waals surface area contributed by atoms with Gasteiger partial charge in [-0.3, -0.25) is 9.59 Å². The number of carbonyl (C=O) groups excluding carboxylic acids is 2. The fourth-order valence-corrected chi connectivity index (χ4v) is 1.64. The number of carbonyl (C=O) groups is 2. The van der Waals surface area contributed by atoms with Crippen LogP contribution in [0.4, 0.5) is 4.39 Å². The molecule has 2 amide bonds. The maximum atomic E-state index is 12.8. The number of benzene rings is 1. The first-order valence-electron chi connectivity index (χ1n) is 6.65. The van der Waals surface area contributed by atoms with Gasteiger partial charge in [-0.05, 0) is 23.6 Å². The number of nitrogens with zero attached hydrogens (tertiary/aromatic N) is 1. The van der Waals surface area contributed by atoms with E-state index >= 15 is 0 Å². The fourth-order valence-electron chi connectivity index (χ4n) is 1.64. The minimum atomic E-state index is -0.321. The van der Waals surface area contributed by atoms with Crippen molar-refractivity contribution in [3.63, 3.8) is 0 Å². The zero-order valence-electron chi connectivity index (χ0n) is 12.1. The summed E-state index contributed by atoms with van der Waals surface area (Å²) in [4.78, 5) is 24.7. The van der Waals surface area contributed by atoms with E-state index in [-0.39, 0.29) is 24.2 Å². The van der Waals surface area contributed by atoms with Crippen LogP contribution >= 0.6 is 0 Å². The Morgan fingerprint density at radius 3 is 2.35 bits per heavy atom. The van der Waals surface area contributed by atoms with Gasteiger partial charge in [0.25, 0.3) is 0 Å². The number of rotatable bonds is 6. The van der Waals surface area contributed by atoms with Crippen LogP contribution in [-0.4, -0.2) is 29.8 Å². The maximum Gasteiger partial charge on any atom is 0.239 e. The third-order valence-corrected chi connectivity index (χ3v) is 2.77. The molecule has 0 heterocycles. The van der Waals surface area contributed by atoms with Gasteiger partial charge in [-0.1, -0.05) is 26.0 Å². The molecule has 1 aromatic carbocycles. The fraction of sp³-hybridized carbons (Fsp3) is 0.467. The van der Waals surface area contributed by atoms with Crippen LogP contribution < -0.4 is 5.32 Å². The largest absolute Gasteiger partial charge is 0.354 e. The van der Waals surface area contributed by atoms with Gasteiger partial charge in [0, 0.05) is 20.0 Å². The molecule has 0 aliphatic heterocycles. The van der Waals surface area contributed by atoms with Crippen LogP contribution in [0.3, 0.4) is 0 Å². The molecule has 0 unspecified atom stereocenters. The van der Waals surface area contributed by atoms with E-state index in [2.05, 4.69) is 5.32 Å². The average molecular weight is 280 g/mol. The van der Waals surface area contributed by atoms with E-state index in [0.29, 0.717) is 19.0 Å². The second kappa shape index (κ2) is 7.62. The quantitative estimate of drug-likeness (QED) is 0.866. The third kappa shape index (κ3) is 5.82. The molecule has 1 aromatic rings. The molecule has 20 heavy (non-hydrogen) atoms. The molecule has 0 spiro atoms. The summed E-state index contributed by atoms with van der Waals surface area (Å²) in [5, 5.41) is 2.77. The van der Waals surface area contributed by atoms with E-state index in [9.17, 15) is 14.0 Å². The van der Waals surface area contributed by atoms with E-state index in [1.54, 1.807) is 12.1 Å². The summed E-state index contributed by atoms with van der Waals surface area (Å²) in [5.74, 6) is -0.329. The first-order chi connectivity index (χ1) is 9.38. The molecule has 0 aliphatic carbocycles. The van der Waals surface area contributed by atoms with Crippen LogP contribution in [0.15, 0.2) is 24.3 Å². The number of hydrogen-bond acceptors (Lipinski definition) is 2. The first kappa shape index (κ1) is 16.1. The summed E-state index contributed by atoms with van der Waals surface area (Å²) in [6.45, 7) is 6.31. The van der Waals surface area contributed by atoms with Gasteiger partial charge >= 0.3 is 0 Å². The van der Waals surface area contributed by atoms with Gasteiger partial charge < -0.3 is 10.2 Å². The third-order valence-electron chi connectivity index (χ3n) is 2.77. The van der Waals surface area contributed by atoms with Gasteiger partial charge in [-0.25, -0.2) is 4.39 Å². The Morgan fingerprint density at radius 1 is 1.25 bits per heavy atom. The highest BCUT2D eigenvalue weighted by Crippen LogP contribution is 2.07. The van der Waals surface area contributed by atoms with Crippen LogP contribution in [-0.2, 0) is 16.1 Å². The lowest BCUT2D eigenvalue weighted by molar-refractivity contribution is -0.134. The molecule has 5 heteroatoms. The summed E-state index contributed by atoms with van der Waals surface area (Å²) < 4.78 is 12.8. The topological polar surface area (TPSA) is 49.4 Å². The predicted molar refractivity (Wildman–Crippen MR) is 75.3 cm³/mol. The first-order valence-corrected chi connectivity index (χ1v) is 6.65. The summed E-state index contributed by atoms with van der Waals surface area (Å²) in [6.07, 6.45) is 0. The summed E-state index contributed by atoms with van der Waals surface area (Å²) in [7, 11) is 0. The Balaban J connectivity index is 2.58. The van der Waals surface area contributed by atoms with Crippen LogP contribution in [0.25, 0.3) is 0 Å². The Labute approximate surface area is 119 Å². The van der Waals surface area contributed by atoms with Gasteiger partial charge in [-0.15, -0.1) is 0 Å². The summed E-state index contributed by atoms with van der Waals surface area (Å²) >= 11 is 0. The van der Waals surface area contributed by atoms with Crippen molar-refractivity contribution in [2.75, 3.05) is 13.1 Å². The standard InChI is InChI=1S/C15H21FN2O2/c1-11(2)8-17-15(20)10-18(12(3)19)9-13-4-6-14(16)7-5-13/h4-7,11H,8-10H2,1-3H3,(H,17,20). The highest BCUT2D eigenvalue weighted by Gasteiger charge is 2.14. The summed E-state index contributed by atoms with van der Waals surface area (Å²) in [6, 6.07) is 5.90. The molecule has 0 atom stereocenters. The molecular weight excluding hydrogens is 259 g/mol. The van der Waals surface area contributed by atoms with E-state index in [4.69, 9.17) is 0 Å². The predicted octanol–water partition coefficient (Wildman–Crippen LogP) is 1.95. The highest BCUT2D eigenvalue weighted by molar-refractivity contribution is 5.83. The van der Waals surface area contributed by atoms with Crippen molar-refractivity contribution in [3.05, 3.63) is 35.6 Å². The molecule has 0 saturated carbocycles. The van der Waals surface area contributed by atoms with Crippen molar-refractivity contribution in [2.45, 2.75) is 27.3 Å². The smallest absolute Gasteiger partial charge is 0.239 e. The lowest BCUT2D eigenvalue weighted by Crippen LogP contribution is -2.40. The highest BCUT2D eigenvalue weighted by atomic mass is 19.1. The van der Waals surface area contributed by atoms with Crippen molar-refractivity contribution in [1.82, 2.24) is 10.2 Å². The molecule has 1 N–H and O–H groups in total. The van der Waals surface area contributed by atoms with E-state index < -0.39 is 0 Å². The van der Waals surface area contributed by atoms with E-state index in [1.807, 2.05) is 13.8 Å². The second-order valence-electron chi connectivity index (χ2n) is 5.20. The van der Waals surface area contributed by atoms with Crippen molar-refractivity contribution >= 4 is 11.8 Å². The molecule has 0 fully saturated rings. The number of halogens is 1. The van der Waals surface area contributed by atoms with Gasteiger partial charge in [-0.2, -0.15) is 0 Å². The monoisotopic (exact) mass is 280 g/mol. The molecule has 0 aromatic heterocycles. The normalized spacial score (nSPS) is 10.4. The second-order valence-corrected chi connectivity index (χ2v) is 5.20. The molecule has 0 bridgehead atoms. The van der Waals surface area contributed by atoms with Crippen LogP contribution in [0.1, 0.15) is 26.3 Å². The minimum Gasteiger partial charge on any atom is -0.354 e. The average Bonchev–Trinajstić information content (AvgIpc) is 2.38. The van der Waals surface area contributed by atoms with Gasteiger partial charge in [0.2, 0.25) is 11.8 Å². The molecule has 0 saturated heterocycles. The van der Waals surface area contributed by atoms with Crippen LogP contribution in [0, 0.1) is 11.7 Å². The van der Waals surface area contributed by atoms with Crippen molar-refractivity contribution < 1.29 is 14.0 Å². The van der Waals surface area contributed by atoms with Crippen molar-refractivity contribution in [2.24, 2.45) is 5.92 Å². The Morgan fingerprint density at radius 2 is 1.85 bits per heavy atom. The van der Waals surface area contributed by atoms with E-state index in [0.717, 1.165) is 5.56 Å². The van der Waals surface area contributed by atoms with Crippen molar-refractivity contribution in [1.29, 1.82) is 0 Å². The molecule has 4 nitrogen and oxygen atoms in total. The zero-order chi connectivity index (χ0) is 15.1. The number of nitrogens with one attached hydrogen (secondary N) is 1. The lowest BCUT2D eigenvalue weighted by atomic mass is 10.2. The molecule has 0 aliphatic rings. The Bertz CT molecular complexity index is 457. The number of hydrogen-bond donors (Lipinski definition) is 1. The van der Waals surface area contributed by atoms with Crippen molar-refractivity contribution in [3.8, 4) is 0 Å². The molecule has 110 valence electrons. The lowest BCUT2D eigenvalue weighted by Gasteiger charge is -2.21. The molecular formula is C15H21FN2O2. The Kier molecular flexibility index (Phi) is 6.15. The maximum absolute atomic E-state index is 12.8. The van der Waals surface area contributed by atoms with E-state index in [1.165, 1.54) is 24.0 Å². The minimum absolute atomic E-state index is 0.0133. The zero-order valence-corrected chi connectivity index (χ0v) is 12.1. The van der Waals surface area contributed by atoms with Gasteiger partial charge in [0.15, 0.2) is 0 Å². The van der Waals surface area contributed by atoms with Gasteiger partial charge in [0.05, 0.1) is 6.54 Å². The molecule has 1 rings (SSSR count). The SMILES string of the molecule is CC(=O)N(CC(=O)NCC(C)C)Cc1ccc(F)cc1. The number of amides is 2. The van der Waals surface area contributed by atoms with Crippen LogP contribution in [0.5, 0.6) is 0 Å². The molecule has 0 radical (unpaired) electrons. The van der Waals surface area contributed by atoms with Crippen LogP contribution in [0.2, 0.25) is 0 Å². The summed E-state index contributed by atoms with van der Waals surface area (Å²) in [5.41, 5.74) is 0.790. The Hall–Kier alpha value is -1.91. The van der Waals surface area contributed by atoms with Gasteiger partial charge in [0.1, 0.15) is 5.82 Å².